The van der Waals surface area contributed by atoms with Gasteiger partial charge >= 0.3 is 0 Å². The third-order valence-electron chi connectivity index (χ3n) is 6.88. The number of benzene rings is 3. The lowest BCUT2D eigenvalue weighted by atomic mass is 10.00. The largest absolute Gasteiger partial charge is 0.352 e. The summed E-state index contributed by atoms with van der Waals surface area (Å²) in [6.07, 6.45) is 5.04. The van der Waals surface area contributed by atoms with Crippen LogP contribution in [0, 0.1) is 13.8 Å². The van der Waals surface area contributed by atoms with Gasteiger partial charge in [-0.2, -0.15) is 0 Å². The molecule has 5 heteroatoms. The van der Waals surface area contributed by atoms with E-state index in [4.69, 9.17) is 0 Å². The Hall–Kier alpha value is -2.92. The van der Waals surface area contributed by atoms with Crippen LogP contribution in [0.1, 0.15) is 53.5 Å². The summed E-state index contributed by atoms with van der Waals surface area (Å²) < 4.78 is 0.985. The molecule has 1 fully saturated rings. The summed E-state index contributed by atoms with van der Waals surface area (Å²) in [5, 5.41) is 3.27. The zero-order valence-corrected chi connectivity index (χ0v) is 22.8. The number of rotatable bonds is 9. The fourth-order valence-corrected chi connectivity index (χ4v) is 5.42. The average Bonchev–Trinajstić information content (AvgIpc) is 3.35. The fourth-order valence-electron chi connectivity index (χ4n) is 5.16. The summed E-state index contributed by atoms with van der Waals surface area (Å²) in [4.78, 5) is 29.4. The molecule has 36 heavy (non-hydrogen) atoms. The van der Waals surface area contributed by atoms with Crippen molar-refractivity contribution >= 4 is 27.7 Å². The van der Waals surface area contributed by atoms with Crippen molar-refractivity contribution in [2.45, 2.75) is 71.0 Å². The van der Waals surface area contributed by atoms with Gasteiger partial charge in [-0.15, -0.1) is 0 Å². The fraction of sp³-hybridized carbons (Fsp3) is 0.355. The third-order valence-corrected chi connectivity index (χ3v) is 7.40. The van der Waals surface area contributed by atoms with Crippen molar-refractivity contribution in [2.24, 2.45) is 0 Å². The van der Waals surface area contributed by atoms with Crippen molar-refractivity contribution in [1.29, 1.82) is 0 Å². The molecule has 0 saturated heterocycles. The quantitative estimate of drug-likeness (QED) is 0.342. The van der Waals surface area contributed by atoms with Crippen LogP contribution in [0.2, 0.25) is 0 Å². The average molecular weight is 548 g/mol. The Balaban J connectivity index is 1.66. The summed E-state index contributed by atoms with van der Waals surface area (Å²) in [7, 11) is 0. The predicted molar refractivity (Wildman–Crippen MR) is 149 cm³/mol. The second-order valence-electron chi connectivity index (χ2n) is 10.0. The highest BCUT2D eigenvalue weighted by molar-refractivity contribution is 9.10. The first-order chi connectivity index (χ1) is 17.4. The highest BCUT2D eigenvalue weighted by Crippen LogP contribution is 2.21. The number of hydrogen-bond acceptors (Lipinski definition) is 2. The Labute approximate surface area is 223 Å². The van der Waals surface area contributed by atoms with E-state index in [-0.39, 0.29) is 24.3 Å². The number of nitrogens with zero attached hydrogens (tertiary/aromatic N) is 1. The summed E-state index contributed by atoms with van der Waals surface area (Å²) >= 11 is 3.50. The Morgan fingerprint density at radius 3 is 2.17 bits per heavy atom. The van der Waals surface area contributed by atoms with Gasteiger partial charge < -0.3 is 10.2 Å². The molecule has 0 aliphatic heterocycles. The molecule has 0 heterocycles. The van der Waals surface area contributed by atoms with Crippen LogP contribution in [0.5, 0.6) is 0 Å². The van der Waals surface area contributed by atoms with Gasteiger partial charge in [0.15, 0.2) is 0 Å². The summed E-state index contributed by atoms with van der Waals surface area (Å²) in [6.45, 7) is 4.48. The first kappa shape index (κ1) is 26.2. The van der Waals surface area contributed by atoms with E-state index in [1.54, 1.807) is 4.90 Å². The SMILES string of the molecule is Cc1cc(C)cc(CC(=O)N(Cc2ccc(Br)cc2)C(Cc2ccccc2)C(=O)NC2CCCC2)c1. The van der Waals surface area contributed by atoms with Gasteiger partial charge in [-0.05, 0) is 55.5 Å². The lowest BCUT2D eigenvalue weighted by Gasteiger charge is -2.32. The molecule has 0 bridgehead atoms. The van der Waals surface area contributed by atoms with E-state index in [0.717, 1.165) is 58.0 Å². The molecule has 1 aliphatic carbocycles. The van der Waals surface area contributed by atoms with Crippen molar-refractivity contribution in [3.05, 3.63) is 105 Å². The molecular formula is C31H35BrN2O2. The Morgan fingerprint density at radius 2 is 1.53 bits per heavy atom. The Kier molecular flexibility index (Phi) is 8.98. The molecule has 3 aromatic rings. The van der Waals surface area contributed by atoms with E-state index in [1.165, 1.54) is 0 Å². The third kappa shape index (κ3) is 7.30. The van der Waals surface area contributed by atoms with Crippen molar-refractivity contribution in [3.8, 4) is 0 Å². The molecule has 4 nitrogen and oxygen atoms in total. The summed E-state index contributed by atoms with van der Waals surface area (Å²) in [5.74, 6) is -0.0953. The second kappa shape index (κ2) is 12.4. The van der Waals surface area contributed by atoms with Crippen LogP contribution in [-0.4, -0.2) is 28.8 Å². The molecular weight excluding hydrogens is 512 g/mol. The van der Waals surface area contributed by atoms with Crippen LogP contribution in [0.3, 0.4) is 0 Å². The highest BCUT2D eigenvalue weighted by Gasteiger charge is 2.32. The molecule has 1 saturated carbocycles. The van der Waals surface area contributed by atoms with E-state index in [1.807, 2.05) is 68.4 Å². The smallest absolute Gasteiger partial charge is 0.243 e. The highest BCUT2D eigenvalue weighted by atomic mass is 79.9. The lowest BCUT2D eigenvalue weighted by Crippen LogP contribution is -2.52. The van der Waals surface area contributed by atoms with E-state index in [9.17, 15) is 9.59 Å². The van der Waals surface area contributed by atoms with Crippen molar-refractivity contribution < 1.29 is 9.59 Å². The van der Waals surface area contributed by atoms with Crippen LogP contribution >= 0.6 is 15.9 Å². The minimum Gasteiger partial charge on any atom is -0.352 e. The summed E-state index contributed by atoms with van der Waals surface area (Å²) in [6, 6.07) is 23.8. The summed E-state index contributed by atoms with van der Waals surface area (Å²) in [5.41, 5.74) is 5.30. The monoisotopic (exact) mass is 546 g/mol. The van der Waals surface area contributed by atoms with Gasteiger partial charge in [0.05, 0.1) is 6.42 Å². The molecule has 0 aromatic heterocycles. The van der Waals surface area contributed by atoms with Gasteiger partial charge in [-0.3, -0.25) is 9.59 Å². The number of aryl methyl sites for hydroxylation is 2. The lowest BCUT2D eigenvalue weighted by molar-refractivity contribution is -0.141. The molecule has 0 radical (unpaired) electrons. The maximum Gasteiger partial charge on any atom is 0.243 e. The Bertz CT molecular complexity index is 1150. The van der Waals surface area contributed by atoms with E-state index < -0.39 is 6.04 Å². The molecule has 4 rings (SSSR count). The standard InChI is InChI=1S/C31H35BrN2O2/c1-22-16-23(2)18-26(17-22)20-30(35)34(21-25-12-14-27(32)15-13-25)29(19-24-8-4-3-5-9-24)31(36)33-28-10-6-7-11-28/h3-5,8-9,12-18,28-29H,6-7,10-11,19-21H2,1-2H3,(H,33,36). The first-order valence-electron chi connectivity index (χ1n) is 12.8. The van der Waals surface area contributed by atoms with E-state index in [2.05, 4.69) is 39.4 Å². The minimum atomic E-state index is -0.588. The number of carbonyl (C=O) groups is 2. The van der Waals surface area contributed by atoms with E-state index >= 15 is 0 Å². The maximum atomic E-state index is 13.9. The molecule has 188 valence electrons. The maximum absolute atomic E-state index is 13.9. The van der Waals surface area contributed by atoms with E-state index in [0.29, 0.717) is 13.0 Å². The van der Waals surface area contributed by atoms with Gasteiger partial charge in [0.25, 0.3) is 0 Å². The van der Waals surface area contributed by atoms with Gasteiger partial charge in [0.2, 0.25) is 11.8 Å². The van der Waals surface area contributed by atoms with Crippen molar-refractivity contribution in [3.63, 3.8) is 0 Å². The molecule has 1 unspecified atom stereocenters. The molecule has 1 N–H and O–H groups in total. The Morgan fingerprint density at radius 1 is 0.889 bits per heavy atom. The van der Waals surface area contributed by atoms with Crippen LogP contribution < -0.4 is 5.32 Å². The molecule has 2 amide bonds. The topological polar surface area (TPSA) is 49.4 Å². The van der Waals surface area contributed by atoms with Gasteiger partial charge in [0, 0.05) is 23.5 Å². The number of carbonyl (C=O) groups excluding carboxylic acids is 2. The number of amides is 2. The van der Waals surface area contributed by atoms with Crippen LogP contribution in [0.4, 0.5) is 0 Å². The van der Waals surface area contributed by atoms with Gasteiger partial charge in [-0.25, -0.2) is 0 Å². The van der Waals surface area contributed by atoms with Crippen LogP contribution in [0.25, 0.3) is 0 Å². The van der Waals surface area contributed by atoms with Crippen molar-refractivity contribution in [1.82, 2.24) is 10.2 Å². The number of halogens is 1. The minimum absolute atomic E-state index is 0.0366. The molecule has 1 aliphatic rings. The zero-order valence-electron chi connectivity index (χ0n) is 21.2. The van der Waals surface area contributed by atoms with Crippen molar-refractivity contribution in [2.75, 3.05) is 0 Å². The predicted octanol–water partition coefficient (Wildman–Crippen LogP) is 6.31. The number of nitrogens with one attached hydrogen (secondary N) is 1. The molecule has 1 atom stereocenters. The van der Waals surface area contributed by atoms with Gasteiger partial charge in [0.1, 0.15) is 6.04 Å². The molecule has 0 spiro atoms. The zero-order chi connectivity index (χ0) is 25.5. The second-order valence-corrected chi connectivity index (χ2v) is 10.9. The normalized spacial score (nSPS) is 14.4. The number of hydrogen-bond donors (Lipinski definition) is 1. The first-order valence-corrected chi connectivity index (χ1v) is 13.6. The van der Waals surface area contributed by atoms with Crippen LogP contribution in [0.15, 0.2) is 77.3 Å². The van der Waals surface area contributed by atoms with Gasteiger partial charge in [-0.1, -0.05) is 101 Å². The molecule has 3 aromatic carbocycles. The van der Waals surface area contributed by atoms with Crippen LogP contribution in [-0.2, 0) is 29.0 Å².